The van der Waals surface area contributed by atoms with Crippen molar-refractivity contribution in [2.45, 2.75) is 57.5 Å². The zero-order valence-corrected chi connectivity index (χ0v) is 12.0. The first-order valence-electron chi connectivity index (χ1n) is 7.49. The lowest BCUT2D eigenvalue weighted by Crippen LogP contribution is -2.46. The number of nitrogens with one attached hydrogen (secondary N) is 2. The number of likely N-dealkylation sites (N-methyl/N-ethyl adjacent to an activating group) is 1. The SMILES string of the molecule is CCNC(=O)CNC1CC(=O)N(C2CCCCC2)C1=O. The van der Waals surface area contributed by atoms with Gasteiger partial charge in [-0.15, -0.1) is 0 Å². The zero-order chi connectivity index (χ0) is 14.5. The Morgan fingerprint density at radius 3 is 2.60 bits per heavy atom. The molecule has 0 bridgehead atoms. The molecule has 0 aromatic heterocycles. The van der Waals surface area contributed by atoms with E-state index in [2.05, 4.69) is 10.6 Å². The van der Waals surface area contributed by atoms with Crippen molar-refractivity contribution >= 4 is 17.7 Å². The highest BCUT2D eigenvalue weighted by atomic mass is 16.2. The third-order valence-corrected chi connectivity index (χ3v) is 4.01. The molecule has 6 nitrogen and oxygen atoms in total. The van der Waals surface area contributed by atoms with Gasteiger partial charge in [0.05, 0.1) is 19.0 Å². The first-order valence-corrected chi connectivity index (χ1v) is 7.49. The molecular formula is C14H23N3O3. The molecular weight excluding hydrogens is 258 g/mol. The Hall–Kier alpha value is -1.43. The molecule has 2 N–H and O–H groups in total. The third kappa shape index (κ3) is 3.36. The molecule has 0 aromatic carbocycles. The smallest absolute Gasteiger partial charge is 0.247 e. The van der Waals surface area contributed by atoms with E-state index in [0.717, 1.165) is 25.7 Å². The number of nitrogens with zero attached hydrogens (tertiary/aromatic N) is 1. The van der Waals surface area contributed by atoms with Crippen LogP contribution in [0.2, 0.25) is 0 Å². The summed E-state index contributed by atoms with van der Waals surface area (Å²) in [5.74, 6) is -0.412. The first-order chi connectivity index (χ1) is 9.63. The molecule has 2 rings (SSSR count). The van der Waals surface area contributed by atoms with Gasteiger partial charge in [-0.25, -0.2) is 0 Å². The molecule has 3 amide bonds. The summed E-state index contributed by atoms with van der Waals surface area (Å²) in [5, 5.41) is 5.55. The summed E-state index contributed by atoms with van der Waals surface area (Å²) in [4.78, 5) is 37.2. The standard InChI is InChI=1S/C14H23N3O3/c1-2-15-12(18)9-16-11-8-13(19)17(14(11)20)10-6-4-3-5-7-10/h10-11,16H,2-9H2,1H3,(H,15,18). The van der Waals surface area contributed by atoms with Crippen LogP contribution < -0.4 is 10.6 Å². The van der Waals surface area contributed by atoms with Gasteiger partial charge in [0, 0.05) is 12.6 Å². The van der Waals surface area contributed by atoms with Crippen LogP contribution in [-0.2, 0) is 14.4 Å². The van der Waals surface area contributed by atoms with Crippen LogP contribution in [0.15, 0.2) is 0 Å². The summed E-state index contributed by atoms with van der Waals surface area (Å²) in [7, 11) is 0. The number of hydrogen-bond acceptors (Lipinski definition) is 4. The Kier molecular flexibility index (Phi) is 5.11. The molecule has 1 atom stereocenters. The summed E-state index contributed by atoms with van der Waals surface area (Å²) in [5.41, 5.74) is 0. The maximum atomic E-state index is 12.3. The van der Waals surface area contributed by atoms with Gasteiger partial charge in [-0.2, -0.15) is 0 Å². The minimum atomic E-state index is -0.535. The van der Waals surface area contributed by atoms with E-state index in [9.17, 15) is 14.4 Å². The van der Waals surface area contributed by atoms with Gasteiger partial charge in [-0.05, 0) is 19.8 Å². The Morgan fingerprint density at radius 1 is 1.25 bits per heavy atom. The normalized spacial score (nSPS) is 24.2. The second kappa shape index (κ2) is 6.83. The van der Waals surface area contributed by atoms with E-state index in [1.54, 1.807) is 0 Å². The topological polar surface area (TPSA) is 78.5 Å². The fraction of sp³-hybridized carbons (Fsp3) is 0.786. The number of amides is 3. The van der Waals surface area contributed by atoms with Crippen LogP contribution in [0.1, 0.15) is 45.4 Å². The summed E-state index contributed by atoms with van der Waals surface area (Å²) in [6.07, 6.45) is 5.36. The first kappa shape index (κ1) is 15.0. The van der Waals surface area contributed by atoms with Crippen molar-refractivity contribution in [3.8, 4) is 0 Å². The monoisotopic (exact) mass is 281 g/mol. The van der Waals surface area contributed by atoms with Gasteiger partial charge in [-0.3, -0.25) is 24.6 Å². The molecule has 1 heterocycles. The third-order valence-electron chi connectivity index (χ3n) is 4.01. The van der Waals surface area contributed by atoms with Crippen LogP contribution >= 0.6 is 0 Å². The predicted octanol–water partition coefficient (Wildman–Crippen LogP) is 0.172. The average molecular weight is 281 g/mol. The van der Waals surface area contributed by atoms with Gasteiger partial charge >= 0.3 is 0 Å². The molecule has 1 saturated heterocycles. The Bertz CT molecular complexity index is 391. The van der Waals surface area contributed by atoms with Crippen LogP contribution in [0.25, 0.3) is 0 Å². The maximum Gasteiger partial charge on any atom is 0.247 e. The molecule has 20 heavy (non-hydrogen) atoms. The van der Waals surface area contributed by atoms with Crippen LogP contribution in [0.4, 0.5) is 0 Å². The summed E-state index contributed by atoms with van der Waals surface area (Å²) in [6, 6.07) is -0.466. The van der Waals surface area contributed by atoms with E-state index in [-0.39, 0.29) is 36.7 Å². The molecule has 1 aliphatic carbocycles. The number of carbonyl (C=O) groups is 3. The van der Waals surface area contributed by atoms with E-state index in [1.807, 2.05) is 6.92 Å². The van der Waals surface area contributed by atoms with Crippen molar-refractivity contribution in [3.63, 3.8) is 0 Å². The van der Waals surface area contributed by atoms with Crippen LogP contribution in [0.5, 0.6) is 0 Å². The van der Waals surface area contributed by atoms with Crippen molar-refractivity contribution in [1.82, 2.24) is 15.5 Å². The maximum absolute atomic E-state index is 12.3. The van der Waals surface area contributed by atoms with Gasteiger partial charge in [0.15, 0.2) is 0 Å². The Labute approximate surface area is 119 Å². The van der Waals surface area contributed by atoms with Crippen molar-refractivity contribution in [2.24, 2.45) is 0 Å². The molecule has 1 saturated carbocycles. The molecule has 0 spiro atoms. The lowest BCUT2D eigenvalue weighted by atomic mass is 9.94. The molecule has 2 fully saturated rings. The van der Waals surface area contributed by atoms with Gasteiger partial charge in [0.1, 0.15) is 0 Å². The fourth-order valence-electron chi connectivity index (χ4n) is 3.01. The average Bonchev–Trinajstić information content (AvgIpc) is 2.72. The van der Waals surface area contributed by atoms with E-state index in [1.165, 1.54) is 11.3 Å². The van der Waals surface area contributed by atoms with Gasteiger partial charge < -0.3 is 5.32 Å². The highest BCUT2D eigenvalue weighted by Gasteiger charge is 2.42. The van der Waals surface area contributed by atoms with E-state index in [0.29, 0.717) is 6.54 Å². The molecule has 0 aromatic rings. The fourth-order valence-corrected chi connectivity index (χ4v) is 3.01. The number of imide groups is 1. The highest BCUT2D eigenvalue weighted by Crippen LogP contribution is 2.27. The molecule has 6 heteroatoms. The van der Waals surface area contributed by atoms with Crippen LogP contribution in [0, 0.1) is 0 Å². The number of carbonyl (C=O) groups excluding carboxylic acids is 3. The number of rotatable bonds is 5. The highest BCUT2D eigenvalue weighted by molar-refractivity contribution is 6.06. The predicted molar refractivity (Wildman–Crippen MR) is 73.8 cm³/mol. The van der Waals surface area contributed by atoms with Crippen molar-refractivity contribution in [1.29, 1.82) is 0 Å². The quantitative estimate of drug-likeness (QED) is 0.704. The molecule has 1 aliphatic heterocycles. The lowest BCUT2D eigenvalue weighted by molar-refractivity contribution is -0.142. The van der Waals surface area contributed by atoms with Gasteiger partial charge in [0.2, 0.25) is 17.7 Å². The van der Waals surface area contributed by atoms with Crippen LogP contribution in [0.3, 0.4) is 0 Å². The van der Waals surface area contributed by atoms with Gasteiger partial charge in [-0.1, -0.05) is 19.3 Å². The number of hydrogen-bond donors (Lipinski definition) is 2. The van der Waals surface area contributed by atoms with Crippen molar-refractivity contribution in [3.05, 3.63) is 0 Å². The van der Waals surface area contributed by atoms with Crippen molar-refractivity contribution < 1.29 is 14.4 Å². The molecule has 0 radical (unpaired) electrons. The Balaban J connectivity index is 1.89. The summed E-state index contributed by atoms with van der Waals surface area (Å²) in [6.45, 7) is 2.48. The molecule has 112 valence electrons. The van der Waals surface area contributed by atoms with Gasteiger partial charge in [0.25, 0.3) is 0 Å². The minimum absolute atomic E-state index is 0.0695. The second-order valence-corrected chi connectivity index (χ2v) is 5.48. The van der Waals surface area contributed by atoms with E-state index >= 15 is 0 Å². The zero-order valence-electron chi connectivity index (χ0n) is 12.0. The summed E-state index contributed by atoms with van der Waals surface area (Å²) < 4.78 is 0. The van der Waals surface area contributed by atoms with Crippen LogP contribution in [-0.4, -0.2) is 47.8 Å². The number of likely N-dealkylation sites (tertiary alicyclic amines) is 1. The second-order valence-electron chi connectivity index (χ2n) is 5.48. The molecule has 1 unspecified atom stereocenters. The minimum Gasteiger partial charge on any atom is -0.355 e. The largest absolute Gasteiger partial charge is 0.355 e. The summed E-state index contributed by atoms with van der Waals surface area (Å²) >= 11 is 0. The van der Waals surface area contributed by atoms with E-state index < -0.39 is 6.04 Å². The van der Waals surface area contributed by atoms with E-state index in [4.69, 9.17) is 0 Å². The van der Waals surface area contributed by atoms with Crippen molar-refractivity contribution in [2.75, 3.05) is 13.1 Å². The Morgan fingerprint density at radius 2 is 1.95 bits per heavy atom. The lowest BCUT2D eigenvalue weighted by Gasteiger charge is -2.29. The molecule has 2 aliphatic rings.